The smallest absolute Gasteiger partial charge is 0.137 e. The van der Waals surface area contributed by atoms with Gasteiger partial charge in [-0.1, -0.05) is 42.5 Å². The number of anilines is 1. The van der Waals surface area contributed by atoms with Gasteiger partial charge in [0.05, 0.1) is 4.47 Å². The van der Waals surface area contributed by atoms with Crippen molar-refractivity contribution in [1.82, 2.24) is 0 Å². The summed E-state index contributed by atoms with van der Waals surface area (Å²) in [7, 11) is 0. The Kier molecular flexibility index (Phi) is 5.71. The summed E-state index contributed by atoms with van der Waals surface area (Å²) < 4.78 is 19.7. The van der Waals surface area contributed by atoms with Crippen molar-refractivity contribution >= 4 is 21.6 Å². The monoisotopic (exact) mass is 399 g/mol. The first-order valence-electron chi connectivity index (χ1n) is 8.07. The van der Waals surface area contributed by atoms with Crippen molar-refractivity contribution in [2.45, 2.75) is 20.1 Å². The first-order valence-corrected chi connectivity index (χ1v) is 8.86. The molecule has 3 aromatic rings. The molecule has 0 aromatic heterocycles. The van der Waals surface area contributed by atoms with E-state index in [-0.39, 0.29) is 5.82 Å². The molecule has 0 aliphatic heterocycles. The third kappa shape index (κ3) is 4.83. The Labute approximate surface area is 155 Å². The summed E-state index contributed by atoms with van der Waals surface area (Å²) in [5.41, 5.74) is 4.07. The van der Waals surface area contributed by atoms with Crippen LogP contribution in [0.15, 0.2) is 71.2 Å². The Morgan fingerprint density at radius 1 is 0.960 bits per heavy atom. The zero-order valence-corrected chi connectivity index (χ0v) is 15.5. The van der Waals surface area contributed by atoms with Gasteiger partial charge >= 0.3 is 0 Å². The lowest BCUT2D eigenvalue weighted by molar-refractivity contribution is 0.306. The minimum Gasteiger partial charge on any atom is -0.489 e. The Morgan fingerprint density at radius 3 is 2.40 bits per heavy atom. The maximum absolute atomic E-state index is 13.5. The van der Waals surface area contributed by atoms with E-state index in [9.17, 15) is 4.39 Å². The summed E-state index contributed by atoms with van der Waals surface area (Å²) in [6, 6.07) is 21.4. The molecule has 4 heteroatoms. The molecule has 25 heavy (non-hydrogen) atoms. The number of aryl methyl sites for hydroxylation is 1. The van der Waals surface area contributed by atoms with Crippen LogP contribution in [-0.4, -0.2) is 0 Å². The molecule has 0 saturated carbocycles. The van der Waals surface area contributed by atoms with Crippen molar-refractivity contribution in [2.24, 2.45) is 0 Å². The first-order chi connectivity index (χ1) is 12.1. The van der Waals surface area contributed by atoms with E-state index in [0.717, 1.165) is 28.1 Å². The topological polar surface area (TPSA) is 21.3 Å². The number of rotatable bonds is 6. The van der Waals surface area contributed by atoms with Gasteiger partial charge in [-0.15, -0.1) is 0 Å². The molecule has 0 fully saturated rings. The number of nitrogens with one attached hydrogen (secondary N) is 1. The van der Waals surface area contributed by atoms with Gasteiger partial charge in [0.15, 0.2) is 0 Å². The highest BCUT2D eigenvalue weighted by molar-refractivity contribution is 9.10. The molecule has 3 aromatic carbocycles. The van der Waals surface area contributed by atoms with Crippen molar-refractivity contribution in [3.8, 4) is 5.75 Å². The van der Waals surface area contributed by atoms with Crippen LogP contribution < -0.4 is 10.1 Å². The second-order valence-corrected chi connectivity index (χ2v) is 6.71. The number of hydrogen-bond acceptors (Lipinski definition) is 2. The van der Waals surface area contributed by atoms with Gasteiger partial charge in [0.2, 0.25) is 0 Å². The van der Waals surface area contributed by atoms with Crippen molar-refractivity contribution in [2.75, 3.05) is 5.32 Å². The fraction of sp³-hybridized carbons (Fsp3) is 0.143. The van der Waals surface area contributed by atoms with Crippen LogP contribution in [0.2, 0.25) is 0 Å². The first kappa shape index (κ1) is 17.5. The van der Waals surface area contributed by atoms with Crippen LogP contribution in [0.3, 0.4) is 0 Å². The molecule has 1 N–H and O–H groups in total. The van der Waals surface area contributed by atoms with Crippen LogP contribution >= 0.6 is 15.9 Å². The maximum atomic E-state index is 13.5. The van der Waals surface area contributed by atoms with Gasteiger partial charge in [-0.3, -0.25) is 0 Å². The molecule has 0 bridgehead atoms. The van der Waals surface area contributed by atoms with Crippen molar-refractivity contribution < 1.29 is 9.13 Å². The van der Waals surface area contributed by atoms with E-state index in [1.807, 2.05) is 61.5 Å². The quantitative estimate of drug-likeness (QED) is 0.541. The minimum absolute atomic E-state index is 0.247. The summed E-state index contributed by atoms with van der Waals surface area (Å²) in [5.74, 6) is 0.594. The van der Waals surface area contributed by atoms with Crippen LogP contribution in [0, 0.1) is 12.7 Å². The summed E-state index contributed by atoms with van der Waals surface area (Å²) in [6.45, 7) is 3.11. The average Bonchev–Trinajstić information content (AvgIpc) is 2.64. The van der Waals surface area contributed by atoms with Gasteiger partial charge in [-0.05, 0) is 63.8 Å². The van der Waals surface area contributed by atoms with Crippen LogP contribution in [-0.2, 0) is 13.2 Å². The summed E-state index contributed by atoms with van der Waals surface area (Å²) in [6.07, 6.45) is 0. The van der Waals surface area contributed by atoms with E-state index in [1.54, 1.807) is 6.07 Å². The Balaban J connectivity index is 1.57. The molecule has 0 heterocycles. The SMILES string of the molecule is Cc1cc(F)c(Br)cc1NCc1ccc(OCc2ccccc2)cc1. The fourth-order valence-corrected chi connectivity index (χ4v) is 2.82. The van der Waals surface area contributed by atoms with Crippen LogP contribution in [0.1, 0.15) is 16.7 Å². The van der Waals surface area contributed by atoms with Gasteiger partial charge in [-0.25, -0.2) is 4.39 Å². The van der Waals surface area contributed by atoms with Crippen LogP contribution in [0.4, 0.5) is 10.1 Å². The molecule has 3 rings (SSSR count). The normalized spacial score (nSPS) is 10.5. The van der Waals surface area contributed by atoms with Gasteiger partial charge in [-0.2, -0.15) is 0 Å². The Bertz CT molecular complexity index is 835. The lowest BCUT2D eigenvalue weighted by atomic mass is 10.1. The minimum atomic E-state index is -0.247. The molecule has 0 unspecified atom stereocenters. The van der Waals surface area contributed by atoms with E-state index < -0.39 is 0 Å². The number of ether oxygens (including phenoxy) is 1. The van der Waals surface area contributed by atoms with Crippen LogP contribution in [0.25, 0.3) is 0 Å². The zero-order valence-electron chi connectivity index (χ0n) is 13.9. The summed E-state index contributed by atoms with van der Waals surface area (Å²) in [5, 5.41) is 3.34. The van der Waals surface area contributed by atoms with Gasteiger partial charge in [0.1, 0.15) is 18.2 Å². The highest BCUT2D eigenvalue weighted by Crippen LogP contribution is 2.25. The molecule has 128 valence electrons. The van der Waals surface area contributed by atoms with E-state index >= 15 is 0 Å². The highest BCUT2D eigenvalue weighted by Gasteiger charge is 2.05. The molecule has 0 radical (unpaired) electrons. The van der Waals surface area contributed by atoms with Gasteiger partial charge < -0.3 is 10.1 Å². The summed E-state index contributed by atoms with van der Waals surface area (Å²) >= 11 is 3.22. The number of hydrogen-bond donors (Lipinski definition) is 1. The van der Waals surface area contributed by atoms with Crippen LogP contribution in [0.5, 0.6) is 5.75 Å². The predicted molar refractivity (Wildman–Crippen MR) is 103 cm³/mol. The molecule has 2 nitrogen and oxygen atoms in total. The molecular formula is C21H19BrFNO. The lowest BCUT2D eigenvalue weighted by Crippen LogP contribution is -2.02. The van der Waals surface area contributed by atoms with Crippen molar-refractivity contribution in [1.29, 1.82) is 0 Å². The highest BCUT2D eigenvalue weighted by atomic mass is 79.9. The summed E-state index contributed by atoms with van der Waals surface area (Å²) in [4.78, 5) is 0. The third-order valence-electron chi connectivity index (χ3n) is 3.92. The zero-order chi connectivity index (χ0) is 17.6. The van der Waals surface area contributed by atoms with E-state index in [0.29, 0.717) is 17.6 Å². The average molecular weight is 400 g/mol. The molecule has 0 aliphatic carbocycles. The Morgan fingerprint density at radius 2 is 1.68 bits per heavy atom. The number of benzene rings is 3. The van der Waals surface area contributed by atoms with E-state index in [1.165, 1.54) is 6.07 Å². The third-order valence-corrected chi connectivity index (χ3v) is 4.53. The van der Waals surface area contributed by atoms with Gasteiger partial charge in [0, 0.05) is 12.2 Å². The van der Waals surface area contributed by atoms with Crippen molar-refractivity contribution in [3.63, 3.8) is 0 Å². The lowest BCUT2D eigenvalue weighted by Gasteiger charge is -2.11. The molecular weight excluding hydrogens is 381 g/mol. The van der Waals surface area contributed by atoms with Crippen molar-refractivity contribution in [3.05, 3.63) is 93.7 Å². The second kappa shape index (κ2) is 8.17. The predicted octanol–water partition coefficient (Wildman–Crippen LogP) is 6.09. The molecule has 0 atom stereocenters. The molecule has 0 spiro atoms. The molecule has 0 aliphatic rings. The fourth-order valence-electron chi connectivity index (χ4n) is 2.48. The standard InChI is InChI=1S/C21H19BrFNO/c1-15-11-20(23)19(22)12-21(15)24-13-16-7-9-18(10-8-16)25-14-17-5-3-2-4-6-17/h2-12,24H,13-14H2,1H3. The number of halogens is 2. The molecule has 0 saturated heterocycles. The van der Waals surface area contributed by atoms with Gasteiger partial charge in [0.25, 0.3) is 0 Å². The molecule has 0 amide bonds. The maximum Gasteiger partial charge on any atom is 0.137 e. The van der Waals surface area contributed by atoms with E-state index in [4.69, 9.17) is 4.74 Å². The largest absolute Gasteiger partial charge is 0.489 e. The Hall–Kier alpha value is -2.33. The van der Waals surface area contributed by atoms with E-state index in [2.05, 4.69) is 21.2 Å². The second-order valence-electron chi connectivity index (χ2n) is 5.85.